The quantitative estimate of drug-likeness (QED) is 0.129. The Bertz CT molecular complexity index is 4050. The van der Waals surface area contributed by atoms with Crippen LogP contribution in [0.15, 0.2) is 267 Å². The van der Waals surface area contributed by atoms with Gasteiger partial charge in [-0.25, -0.2) is 0 Å². The topological polar surface area (TPSA) is 9.86 Å². The number of para-hydroxylation sites is 2. The standard InChI is InChI=1S/C72H52N2/c1-3-15-49-17-9-19-53(41-49)55-21-11-23-57(43-55)59-25-13-27-63(45-59)73-69-31-7-5-29-65(69)67-47-61(37-39-71(67)73)51-33-35-52(36-34-51)62-38-40-72-68(48-62)66-30-6-8-32-70(66)74(72)64-28-14-26-60(46-64)58-24-12-22-56(44-58)54-20-10-18-50(42-54)16-4-2/h3-48H,1-2H3/b15-3+,16-4+. The van der Waals surface area contributed by atoms with Crippen molar-refractivity contribution in [1.82, 2.24) is 9.13 Å². The van der Waals surface area contributed by atoms with Gasteiger partial charge in [-0.3, -0.25) is 0 Å². The zero-order valence-corrected chi connectivity index (χ0v) is 41.5. The Morgan fingerprint density at radius 1 is 0.230 bits per heavy atom. The van der Waals surface area contributed by atoms with E-state index in [1.165, 1.54) is 122 Å². The van der Waals surface area contributed by atoms with Gasteiger partial charge in [0.05, 0.1) is 22.1 Å². The second-order valence-electron chi connectivity index (χ2n) is 19.3. The molecule has 13 rings (SSSR count). The summed E-state index contributed by atoms with van der Waals surface area (Å²) < 4.78 is 4.83. The molecule has 0 atom stereocenters. The van der Waals surface area contributed by atoms with Crippen LogP contribution in [0.25, 0.3) is 134 Å². The van der Waals surface area contributed by atoms with Crippen molar-refractivity contribution < 1.29 is 0 Å². The van der Waals surface area contributed by atoms with E-state index in [0.717, 1.165) is 11.4 Å². The second-order valence-corrected chi connectivity index (χ2v) is 19.3. The van der Waals surface area contributed by atoms with Crippen LogP contribution >= 0.6 is 0 Å². The maximum Gasteiger partial charge on any atom is 0.0541 e. The summed E-state index contributed by atoms with van der Waals surface area (Å²) in [5.74, 6) is 0. The lowest BCUT2D eigenvalue weighted by molar-refractivity contribution is 1.18. The third kappa shape index (κ3) is 8.13. The van der Waals surface area contributed by atoms with Crippen molar-refractivity contribution in [3.05, 3.63) is 278 Å². The van der Waals surface area contributed by atoms with Crippen LogP contribution in [0.5, 0.6) is 0 Å². The minimum absolute atomic E-state index is 1.14. The van der Waals surface area contributed by atoms with Gasteiger partial charge in [0.2, 0.25) is 0 Å². The molecular formula is C72H52N2. The Morgan fingerprint density at radius 2 is 0.541 bits per heavy atom. The van der Waals surface area contributed by atoms with E-state index in [-0.39, 0.29) is 0 Å². The molecule has 0 bridgehead atoms. The second kappa shape index (κ2) is 18.9. The fourth-order valence-corrected chi connectivity index (χ4v) is 11.2. The highest BCUT2D eigenvalue weighted by Crippen LogP contribution is 2.40. The lowest BCUT2D eigenvalue weighted by Gasteiger charge is -2.12. The first-order chi connectivity index (χ1) is 36.6. The van der Waals surface area contributed by atoms with Crippen LogP contribution < -0.4 is 0 Å². The summed E-state index contributed by atoms with van der Waals surface area (Å²) in [6.07, 6.45) is 8.48. The predicted octanol–water partition coefficient (Wildman–Crippen LogP) is 19.9. The van der Waals surface area contributed by atoms with Gasteiger partial charge in [0.25, 0.3) is 0 Å². The van der Waals surface area contributed by atoms with Gasteiger partial charge in [0, 0.05) is 32.9 Å². The monoisotopic (exact) mass is 944 g/mol. The van der Waals surface area contributed by atoms with Crippen LogP contribution in [-0.2, 0) is 0 Å². The van der Waals surface area contributed by atoms with Gasteiger partial charge >= 0.3 is 0 Å². The molecule has 0 aliphatic rings. The largest absolute Gasteiger partial charge is 0.309 e. The molecule has 0 radical (unpaired) electrons. The van der Waals surface area contributed by atoms with E-state index < -0.39 is 0 Å². The lowest BCUT2D eigenvalue weighted by atomic mass is 9.97. The van der Waals surface area contributed by atoms with E-state index in [2.05, 4.69) is 302 Å². The van der Waals surface area contributed by atoms with Gasteiger partial charge < -0.3 is 9.13 Å². The fraction of sp³-hybridized carbons (Fsp3) is 0.0278. The number of benzene rings is 11. The van der Waals surface area contributed by atoms with Crippen molar-refractivity contribution in [2.75, 3.05) is 0 Å². The van der Waals surface area contributed by atoms with Crippen molar-refractivity contribution in [1.29, 1.82) is 0 Å². The predicted molar refractivity (Wildman–Crippen MR) is 317 cm³/mol. The van der Waals surface area contributed by atoms with Crippen LogP contribution in [0, 0.1) is 0 Å². The number of nitrogens with zero attached hydrogens (tertiary/aromatic N) is 2. The van der Waals surface area contributed by atoms with E-state index >= 15 is 0 Å². The number of hydrogen-bond acceptors (Lipinski definition) is 0. The molecule has 350 valence electrons. The molecule has 13 aromatic rings. The molecule has 0 aliphatic heterocycles. The van der Waals surface area contributed by atoms with Gasteiger partial charge in [-0.15, -0.1) is 0 Å². The van der Waals surface area contributed by atoms with Crippen molar-refractivity contribution >= 4 is 55.8 Å². The zero-order chi connectivity index (χ0) is 49.5. The molecule has 0 unspecified atom stereocenters. The first-order valence-electron chi connectivity index (χ1n) is 25.6. The minimum atomic E-state index is 1.14. The third-order valence-corrected chi connectivity index (χ3v) is 14.7. The van der Waals surface area contributed by atoms with E-state index in [4.69, 9.17) is 0 Å². The smallest absolute Gasteiger partial charge is 0.0541 e. The van der Waals surface area contributed by atoms with E-state index in [1.54, 1.807) is 0 Å². The molecule has 2 nitrogen and oxygen atoms in total. The minimum Gasteiger partial charge on any atom is -0.309 e. The fourth-order valence-electron chi connectivity index (χ4n) is 11.2. The Balaban J connectivity index is 0.808. The molecule has 0 N–H and O–H groups in total. The zero-order valence-electron chi connectivity index (χ0n) is 41.5. The summed E-state index contributed by atoms with van der Waals surface area (Å²) in [6, 6.07) is 93.8. The van der Waals surface area contributed by atoms with E-state index in [1.807, 2.05) is 0 Å². The highest BCUT2D eigenvalue weighted by Gasteiger charge is 2.17. The normalized spacial score (nSPS) is 11.8. The first-order valence-corrected chi connectivity index (χ1v) is 25.6. The van der Waals surface area contributed by atoms with Gasteiger partial charge in [0.15, 0.2) is 0 Å². The highest BCUT2D eigenvalue weighted by atomic mass is 15.0. The van der Waals surface area contributed by atoms with E-state index in [0.29, 0.717) is 0 Å². The number of aromatic nitrogens is 2. The molecule has 0 aliphatic carbocycles. The van der Waals surface area contributed by atoms with Crippen LogP contribution in [0.3, 0.4) is 0 Å². The molecule has 74 heavy (non-hydrogen) atoms. The van der Waals surface area contributed by atoms with Crippen molar-refractivity contribution in [3.63, 3.8) is 0 Å². The number of hydrogen-bond donors (Lipinski definition) is 0. The van der Waals surface area contributed by atoms with Crippen LogP contribution in [0.4, 0.5) is 0 Å². The van der Waals surface area contributed by atoms with Crippen LogP contribution in [0.1, 0.15) is 25.0 Å². The summed E-state index contributed by atoms with van der Waals surface area (Å²) in [7, 11) is 0. The number of fused-ring (bicyclic) bond motifs is 6. The molecule has 0 spiro atoms. The molecule has 0 amide bonds. The van der Waals surface area contributed by atoms with Gasteiger partial charge in [-0.1, -0.05) is 194 Å². The van der Waals surface area contributed by atoms with Crippen LogP contribution in [-0.4, -0.2) is 9.13 Å². The average Bonchev–Trinajstić information content (AvgIpc) is 3.99. The molecule has 0 saturated carbocycles. The summed E-state index contributed by atoms with van der Waals surface area (Å²) in [5, 5.41) is 4.96. The summed E-state index contributed by atoms with van der Waals surface area (Å²) in [5.41, 5.74) is 23.8. The molecule has 0 fully saturated rings. The number of allylic oxidation sites excluding steroid dienone is 2. The molecule has 2 aromatic heterocycles. The van der Waals surface area contributed by atoms with Gasteiger partial charge in [0.1, 0.15) is 0 Å². The highest BCUT2D eigenvalue weighted by molar-refractivity contribution is 6.12. The van der Waals surface area contributed by atoms with E-state index in [9.17, 15) is 0 Å². The Kier molecular flexibility index (Phi) is 11.4. The SMILES string of the molecule is C/C=C/c1cccc(-c2cccc(-c3cccc(-n4c5ccccc5c5cc(-c6ccc(-c7ccc8c(c7)c7ccccc7n8-c7cccc(-c8cccc(-c9cccc(/C=C/C)c9)c8)c7)cc6)ccc54)c3)c2)c1. The lowest BCUT2D eigenvalue weighted by Crippen LogP contribution is -1.94. The maximum atomic E-state index is 2.42. The van der Waals surface area contributed by atoms with Gasteiger partial charge in [-0.05, 0) is 177 Å². The first kappa shape index (κ1) is 44.4. The van der Waals surface area contributed by atoms with Crippen molar-refractivity contribution in [2.24, 2.45) is 0 Å². The van der Waals surface area contributed by atoms with Crippen LogP contribution in [0.2, 0.25) is 0 Å². The summed E-state index contributed by atoms with van der Waals surface area (Å²) >= 11 is 0. The Hall–Kier alpha value is -9.50. The Morgan fingerprint density at radius 3 is 0.946 bits per heavy atom. The van der Waals surface area contributed by atoms with Crippen molar-refractivity contribution in [3.8, 4) is 78.1 Å². The molecule has 2 heteroatoms. The molecule has 0 saturated heterocycles. The maximum absolute atomic E-state index is 2.42. The third-order valence-electron chi connectivity index (χ3n) is 14.7. The molecule has 11 aromatic carbocycles. The number of rotatable bonds is 10. The summed E-state index contributed by atoms with van der Waals surface area (Å²) in [4.78, 5) is 0. The van der Waals surface area contributed by atoms with Crippen molar-refractivity contribution in [2.45, 2.75) is 13.8 Å². The summed E-state index contributed by atoms with van der Waals surface area (Å²) in [6.45, 7) is 4.12. The molecule has 2 heterocycles. The van der Waals surface area contributed by atoms with Gasteiger partial charge in [-0.2, -0.15) is 0 Å². The average molecular weight is 945 g/mol. The molecular weight excluding hydrogens is 893 g/mol. The Labute approximate surface area is 432 Å².